The molecule has 19 heavy (non-hydrogen) atoms. The van der Waals surface area contributed by atoms with E-state index in [9.17, 15) is 4.39 Å². The average molecular weight is 284 g/mol. The van der Waals surface area contributed by atoms with Gasteiger partial charge in [-0.25, -0.2) is 0 Å². The van der Waals surface area contributed by atoms with Crippen LogP contribution in [0.2, 0.25) is 0 Å². The maximum atomic E-state index is 12.9. The Bertz CT molecular complexity index is 422. The van der Waals surface area contributed by atoms with Crippen molar-refractivity contribution in [2.45, 2.75) is 18.7 Å². The molecule has 0 spiro atoms. The number of alkyl halides is 1. The number of nitrogens with one attached hydrogen (secondary N) is 1. The first-order valence-electron chi connectivity index (χ1n) is 5.74. The van der Waals surface area contributed by atoms with E-state index in [0.29, 0.717) is 0 Å². The third kappa shape index (κ3) is 4.72. The first-order chi connectivity index (χ1) is 9.26. The Morgan fingerprint density at radius 2 is 2.16 bits per heavy atom. The van der Waals surface area contributed by atoms with Crippen molar-refractivity contribution in [2.75, 3.05) is 20.0 Å². The predicted molar refractivity (Wildman–Crippen MR) is 75.5 cm³/mol. The molecule has 1 rings (SSSR count). The van der Waals surface area contributed by atoms with Gasteiger partial charge in [-0.1, -0.05) is 41.3 Å². The summed E-state index contributed by atoms with van der Waals surface area (Å²) in [7, 11) is 1.48. The molecule has 104 valence electrons. The van der Waals surface area contributed by atoms with E-state index in [0.717, 1.165) is 17.7 Å². The van der Waals surface area contributed by atoms with Crippen LogP contribution in [0.25, 0.3) is 10.4 Å². The minimum atomic E-state index is -0.842. The summed E-state index contributed by atoms with van der Waals surface area (Å²) in [6.07, 6.45) is 1.39. The van der Waals surface area contributed by atoms with E-state index in [2.05, 4.69) is 14.7 Å². The Labute approximate surface area is 116 Å². The molecule has 0 fully saturated rings. The molecular weight excluding hydrogens is 267 g/mol. The minimum Gasteiger partial charge on any atom is -0.376 e. The van der Waals surface area contributed by atoms with Crippen LogP contribution in [0.4, 0.5) is 4.39 Å². The van der Waals surface area contributed by atoms with Gasteiger partial charge in [0.05, 0.1) is 12.1 Å². The molecule has 0 aliphatic rings. The average Bonchev–Trinajstić information content (AvgIpc) is 2.46. The van der Waals surface area contributed by atoms with Crippen molar-refractivity contribution in [1.29, 1.82) is 0 Å². The van der Waals surface area contributed by atoms with E-state index in [-0.39, 0.29) is 0 Å². The maximum absolute atomic E-state index is 12.9. The van der Waals surface area contributed by atoms with Gasteiger partial charge in [0.1, 0.15) is 6.67 Å². The lowest BCUT2D eigenvalue weighted by atomic mass is 10.0. The standard InChI is InChI=1S/C12H17FN4OS/c1-18-12(11(7-13)16-17-14)10-5-3-9(4-6-10)8-15-19-2/h3-6,11-12,15H,7-8H2,1-2H3/t11-,12-/m1/s1. The summed E-state index contributed by atoms with van der Waals surface area (Å²) < 4.78 is 21.2. The number of hydrogen-bond donors (Lipinski definition) is 1. The van der Waals surface area contributed by atoms with Crippen LogP contribution in [-0.2, 0) is 11.3 Å². The highest BCUT2D eigenvalue weighted by molar-refractivity contribution is 7.96. The molecular formula is C12H17FN4OS. The lowest BCUT2D eigenvalue weighted by Gasteiger charge is -2.20. The molecule has 2 atom stereocenters. The second-order valence-corrected chi connectivity index (χ2v) is 4.55. The van der Waals surface area contributed by atoms with Crippen molar-refractivity contribution >= 4 is 11.9 Å². The molecule has 1 aromatic rings. The number of halogens is 1. The number of nitrogens with zero attached hydrogens (tertiary/aromatic N) is 3. The molecule has 0 saturated heterocycles. The summed E-state index contributed by atoms with van der Waals surface area (Å²) in [5.74, 6) is 0. The van der Waals surface area contributed by atoms with Crippen molar-refractivity contribution in [3.8, 4) is 0 Å². The number of rotatable bonds is 8. The molecule has 7 heteroatoms. The first kappa shape index (κ1) is 15.8. The van der Waals surface area contributed by atoms with Gasteiger partial charge in [0, 0.05) is 18.6 Å². The van der Waals surface area contributed by atoms with Crippen LogP contribution < -0.4 is 4.72 Å². The van der Waals surface area contributed by atoms with E-state index in [1.54, 1.807) is 11.9 Å². The van der Waals surface area contributed by atoms with Crippen LogP contribution in [0.5, 0.6) is 0 Å². The largest absolute Gasteiger partial charge is 0.376 e. The van der Waals surface area contributed by atoms with E-state index in [1.807, 2.05) is 30.5 Å². The molecule has 0 aliphatic heterocycles. The fourth-order valence-electron chi connectivity index (χ4n) is 1.73. The summed E-state index contributed by atoms with van der Waals surface area (Å²) in [4.78, 5) is 2.65. The van der Waals surface area contributed by atoms with Gasteiger partial charge < -0.3 is 4.74 Å². The first-order valence-corrected chi connectivity index (χ1v) is 6.97. The minimum absolute atomic E-state index is 0.566. The fraction of sp³-hybridized carbons (Fsp3) is 0.500. The van der Waals surface area contributed by atoms with Gasteiger partial charge >= 0.3 is 0 Å². The van der Waals surface area contributed by atoms with Crippen molar-refractivity contribution in [1.82, 2.24) is 4.72 Å². The summed E-state index contributed by atoms with van der Waals surface area (Å²) in [6.45, 7) is 0.000329. The van der Waals surface area contributed by atoms with Crippen LogP contribution in [0, 0.1) is 0 Å². The van der Waals surface area contributed by atoms with Gasteiger partial charge in [-0.15, -0.1) is 0 Å². The normalized spacial score (nSPS) is 13.6. The predicted octanol–water partition coefficient (Wildman–Crippen LogP) is 3.39. The molecule has 0 aliphatic carbocycles. The smallest absolute Gasteiger partial charge is 0.101 e. The van der Waals surface area contributed by atoms with Crippen LogP contribution >= 0.6 is 11.9 Å². The molecule has 1 N–H and O–H groups in total. The van der Waals surface area contributed by atoms with Gasteiger partial charge in [-0.3, -0.25) is 9.11 Å². The third-order valence-electron chi connectivity index (χ3n) is 2.69. The van der Waals surface area contributed by atoms with Gasteiger partial charge in [-0.05, 0) is 22.9 Å². The Kier molecular flexibility index (Phi) is 7.28. The lowest BCUT2D eigenvalue weighted by Crippen LogP contribution is -2.20. The Hall–Kier alpha value is -1.27. The van der Waals surface area contributed by atoms with Crippen LogP contribution in [0.1, 0.15) is 17.2 Å². The molecule has 0 amide bonds. The lowest BCUT2D eigenvalue weighted by molar-refractivity contribution is 0.0722. The highest BCUT2D eigenvalue weighted by Gasteiger charge is 2.21. The SMILES string of the molecule is CO[C@H](c1ccc(CNSC)cc1)[C@@H](CF)N=[N+]=[N-]. The molecule has 1 aromatic carbocycles. The van der Waals surface area contributed by atoms with E-state index >= 15 is 0 Å². The fourth-order valence-corrected chi connectivity index (χ4v) is 2.05. The van der Waals surface area contributed by atoms with E-state index < -0.39 is 18.8 Å². The highest BCUT2D eigenvalue weighted by atomic mass is 32.2. The molecule has 0 saturated carbocycles. The zero-order valence-electron chi connectivity index (χ0n) is 10.9. The van der Waals surface area contributed by atoms with Gasteiger partial charge in [0.25, 0.3) is 0 Å². The summed E-state index contributed by atoms with van der Waals surface area (Å²) in [5.41, 5.74) is 10.3. The number of ether oxygens (including phenoxy) is 1. The summed E-state index contributed by atoms with van der Waals surface area (Å²) in [6, 6.07) is 6.76. The number of benzene rings is 1. The monoisotopic (exact) mass is 284 g/mol. The van der Waals surface area contributed by atoms with Gasteiger partial charge in [0.2, 0.25) is 0 Å². The van der Waals surface area contributed by atoms with Crippen LogP contribution in [-0.4, -0.2) is 26.1 Å². The van der Waals surface area contributed by atoms with Crippen LogP contribution in [0.15, 0.2) is 29.4 Å². The van der Waals surface area contributed by atoms with E-state index in [4.69, 9.17) is 10.3 Å². The number of hydrogen-bond acceptors (Lipinski definition) is 4. The van der Waals surface area contributed by atoms with Crippen molar-refractivity contribution in [2.24, 2.45) is 5.11 Å². The number of azide groups is 1. The van der Waals surface area contributed by atoms with Crippen LogP contribution in [0.3, 0.4) is 0 Å². The topological polar surface area (TPSA) is 70.0 Å². The third-order valence-corrected chi connectivity index (χ3v) is 3.12. The summed E-state index contributed by atoms with van der Waals surface area (Å²) >= 11 is 1.55. The molecule has 5 nitrogen and oxygen atoms in total. The van der Waals surface area contributed by atoms with Crippen molar-refractivity contribution < 1.29 is 9.13 Å². The second kappa shape index (κ2) is 8.77. The number of methoxy groups -OCH3 is 1. The van der Waals surface area contributed by atoms with Gasteiger partial charge in [0.15, 0.2) is 0 Å². The highest BCUT2D eigenvalue weighted by Crippen LogP contribution is 2.24. The Morgan fingerprint density at radius 1 is 1.47 bits per heavy atom. The van der Waals surface area contributed by atoms with E-state index in [1.165, 1.54) is 7.11 Å². The maximum Gasteiger partial charge on any atom is 0.101 e. The molecule has 0 radical (unpaired) electrons. The summed E-state index contributed by atoms with van der Waals surface area (Å²) in [5, 5.41) is 3.43. The Balaban J connectivity index is 2.83. The van der Waals surface area contributed by atoms with Crippen molar-refractivity contribution in [3.05, 3.63) is 45.8 Å². The quantitative estimate of drug-likeness (QED) is 0.344. The second-order valence-electron chi connectivity index (χ2n) is 3.85. The molecule has 0 aromatic heterocycles. The van der Waals surface area contributed by atoms with Crippen molar-refractivity contribution in [3.63, 3.8) is 0 Å². The molecule has 0 bridgehead atoms. The molecule has 0 unspecified atom stereocenters. The zero-order valence-corrected chi connectivity index (χ0v) is 11.7. The molecule has 0 heterocycles. The Morgan fingerprint density at radius 3 is 2.63 bits per heavy atom. The zero-order chi connectivity index (χ0) is 14.1. The van der Waals surface area contributed by atoms with Gasteiger partial charge in [-0.2, -0.15) is 0 Å².